The molecule has 0 heterocycles. The molecule has 110 valence electrons. The monoisotopic (exact) mass is 282 g/mol. The number of esters is 2. The minimum atomic E-state index is -0.969. The van der Waals surface area contributed by atoms with Gasteiger partial charge >= 0.3 is 11.9 Å². The molecule has 0 fully saturated rings. The van der Waals surface area contributed by atoms with Gasteiger partial charge in [-0.3, -0.25) is 9.59 Å². The van der Waals surface area contributed by atoms with Gasteiger partial charge in [-0.25, -0.2) is 0 Å². The highest BCUT2D eigenvalue weighted by atomic mass is 16.5. The van der Waals surface area contributed by atoms with Crippen molar-refractivity contribution in [2.75, 3.05) is 27.9 Å². The largest absolute Gasteiger partial charge is 0.497 e. The lowest BCUT2D eigenvalue weighted by molar-refractivity contribution is -0.159. The van der Waals surface area contributed by atoms with Crippen LogP contribution < -0.4 is 9.47 Å². The number of carbonyl (C=O) groups excluding carboxylic acids is 2. The number of hydrogen-bond donors (Lipinski definition) is 0. The van der Waals surface area contributed by atoms with E-state index in [2.05, 4.69) is 9.47 Å². The van der Waals surface area contributed by atoms with E-state index in [4.69, 9.17) is 9.47 Å². The van der Waals surface area contributed by atoms with E-state index in [1.807, 2.05) is 0 Å². The Morgan fingerprint density at radius 3 is 1.90 bits per heavy atom. The van der Waals surface area contributed by atoms with E-state index in [9.17, 15) is 9.59 Å². The number of rotatable bonds is 7. The summed E-state index contributed by atoms with van der Waals surface area (Å²) in [6.07, 6.45) is 0.186. The normalized spacial score (nSPS) is 10.0. The van der Waals surface area contributed by atoms with Gasteiger partial charge in [0.2, 0.25) is 0 Å². The maximum atomic E-state index is 11.4. The average Bonchev–Trinajstić information content (AvgIpc) is 2.50. The van der Waals surface area contributed by atoms with Gasteiger partial charge in [0.15, 0.2) is 5.92 Å². The van der Waals surface area contributed by atoms with Crippen molar-refractivity contribution in [3.8, 4) is 11.5 Å². The van der Waals surface area contributed by atoms with Crippen LogP contribution in [0.5, 0.6) is 11.5 Å². The Kier molecular flexibility index (Phi) is 6.36. The molecule has 0 atom stereocenters. The first kappa shape index (κ1) is 15.8. The Hall–Kier alpha value is -2.24. The molecule has 0 aliphatic heterocycles. The van der Waals surface area contributed by atoms with Crippen molar-refractivity contribution >= 4 is 11.9 Å². The predicted octanol–water partition coefficient (Wildman–Crippen LogP) is 1.43. The van der Waals surface area contributed by atoms with Gasteiger partial charge in [-0.2, -0.15) is 0 Å². The highest BCUT2D eigenvalue weighted by Crippen LogP contribution is 2.18. The minimum absolute atomic E-state index is 0.186. The maximum Gasteiger partial charge on any atom is 0.320 e. The third-order valence-corrected chi connectivity index (χ3v) is 2.71. The van der Waals surface area contributed by atoms with Gasteiger partial charge in [0.25, 0.3) is 0 Å². The van der Waals surface area contributed by atoms with Crippen LogP contribution in [0.1, 0.15) is 6.42 Å². The first-order valence-corrected chi connectivity index (χ1v) is 6.05. The van der Waals surface area contributed by atoms with Crippen LogP contribution in [0.4, 0.5) is 0 Å². The number of methoxy groups -OCH3 is 3. The molecular weight excluding hydrogens is 264 g/mol. The number of hydrogen-bond acceptors (Lipinski definition) is 6. The molecule has 0 N–H and O–H groups in total. The highest BCUT2D eigenvalue weighted by molar-refractivity contribution is 5.94. The van der Waals surface area contributed by atoms with Gasteiger partial charge in [0.05, 0.1) is 27.9 Å². The fourth-order valence-corrected chi connectivity index (χ4v) is 1.58. The molecule has 0 amide bonds. The number of ether oxygens (including phenoxy) is 4. The van der Waals surface area contributed by atoms with E-state index in [-0.39, 0.29) is 13.0 Å². The fourth-order valence-electron chi connectivity index (χ4n) is 1.58. The lowest BCUT2D eigenvalue weighted by Gasteiger charge is -2.13. The van der Waals surface area contributed by atoms with Crippen LogP contribution in [0.2, 0.25) is 0 Å². The molecule has 1 rings (SSSR count). The minimum Gasteiger partial charge on any atom is -0.497 e. The summed E-state index contributed by atoms with van der Waals surface area (Å²) in [6, 6.07) is 7.00. The highest BCUT2D eigenvalue weighted by Gasteiger charge is 2.28. The summed E-state index contributed by atoms with van der Waals surface area (Å²) in [4.78, 5) is 22.9. The van der Waals surface area contributed by atoms with Crippen molar-refractivity contribution in [2.24, 2.45) is 5.92 Å². The van der Waals surface area contributed by atoms with Gasteiger partial charge in [0, 0.05) is 6.42 Å². The summed E-state index contributed by atoms with van der Waals surface area (Å²) < 4.78 is 19.6. The molecule has 6 nitrogen and oxygen atoms in total. The van der Waals surface area contributed by atoms with Crippen LogP contribution in [0, 0.1) is 5.92 Å². The second-order valence-electron chi connectivity index (χ2n) is 3.91. The second kappa shape index (κ2) is 8.04. The number of carbonyl (C=O) groups is 2. The molecule has 1 aromatic carbocycles. The van der Waals surface area contributed by atoms with Crippen LogP contribution in [0.25, 0.3) is 0 Å². The van der Waals surface area contributed by atoms with Crippen LogP contribution in [-0.2, 0) is 19.1 Å². The summed E-state index contributed by atoms with van der Waals surface area (Å²) in [5, 5.41) is 0. The van der Waals surface area contributed by atoms with E-state index in [1.54, 1.807) is 31.4 Å². The van der Waals surface area contributed by atoms with Crippen molar-refractivity contribution in [3.05, 3.63) is 24.3 Å². The Morgan fingerprint density at radius 2 is 1.45 bits per heavy atom. The fraction of sp³-hybridized carbons (Fsp3) is 0.429. The molecule has 0 aliphatic carbocycles. The maximum absolute atomic E-state index is 11.4. The molecule has 0 bridgehead atoms. The van der Waals surface area contributed by atoms with E-state index >= 15 is 0 Å². The molecule has 1 aromatic rings. The molecule has 0 spiro atoms. The molecule has 0 radical (unpaired) electrons. The summed E-state index contributed by atoms with van der Waals surface area (Å²) >= 11 is 0. The summed E-state index contributed by atoms with van der Waals surface area (Å²) in [5.74, 6) is -0.882. The zero-order valence-corrected chi connectivity index (χ0v) is 11.8. The molecule has 20 heavy (non-hydrogen) atoms. The van der Waals surface area contributed by atoms with Crippen molar-refractivity contribution in [1.29, 1.82) is 0 Å². The SMILES string of the molecule is COC(=O)C(CCOc1ccc(OC)cc1)C(=O)OC. The van der Waals surface area contributed by atoms with Gasteiger partial charge in [-0.15, -0.1) is 0 Å². The zero-order chi connectivity index (χ0) is 15.0. The lowest BCUT2D eigenvalue weighted by atomic mass is 10.1. The van der Waals surface area contributed by atoms with Crippen LogP contribution in [0.3, 0.4) is 0 Å². The molecule has 0 saturated carbocycles. The molecular formula is C14H18O6. The summed E-state index contributed by atoms with van der Waals surface area (Å²) in [7, 11) is 4.03. The number of benzene rings is 1. The first-order valence-electron chi connectivity index (χ1n) is 6.05. The van der Waals surface area contributed by atoms with Gasteiger partial charge in [-0.1, -0.05) is 0 Å². The standard InChI is InChI=1S/C14H18O6/c1-17-10-4-6-11(7-5-10)20-9-8-12(13(15)18-2)14(16)19-3/h4-7,12H,8-9H2,1-3H3. The molecule has 0 unspecified atom stereocenters. The van der Waals surface area contributed by atoms with Crippen molar-refractivity contribution < 1.29 is 28.5 Å². The third-order valence-electron chi connectivity index (χ3n) is 2.71. The first-order chi connectivity index (χ1) is 9.62. The van der Waals surface area contributed by atoms with Gasteiger partial charge in [-0.05, 0) is 24.3 Å². The Balaban J connectivity index is 2.50. The van der Waals surface area contributed by atoms with Crippen LogP contribution in [0.15, 0.2) is 24.3 Å². The van der Waals surface area contributed by atoms with Crippen molar-refractivity contribution in [2.45, 2.75) is 6.42 Å². The summed E-state index contributed by atoms with van der Waals surface area (Å²) in [6.45, 7) is 0.196. The Labute approximate surface area is 117 Å². The second-order valence-corrected chi connectivity index (χ2v) is 3.91. The van der Waals surface area contributed by atoms with E-state index in [0.717, 1.165) is 5.75 Å². The lowest BCUT2D eigenvalue weighted by Crippen LogP contribution is -2.28. The van der Waals surface area contributed by atoms with E-state index in [1.165, 1.54) is 14.2 Å². The zero-order valence-electron chi connectivity index (χ0n) is 11.8. The van der Waals surface area contributed by atoms with Gasteiger partial charge in [0.1, 0.15) is 11.5 Å². The van der Waals surface area contributed by atoms with Crippen molar-refractivity contribution in [3.63, 3.8) is 0 Å². The molecule has 0 aromatic heterocycles. The van der Waals surface area contributed by atoms with Gasteiger partial charge < -0.3 is 18.9 Å². The van der Waals surface area contributed by atoms with Crippen molar-refractivity contribution in [1.82, 2.24) is 0 Å². The third kappa shape index (κ3) is 4.46. The molecule has 0 saturated heterocycles. The Bertz CT molecular complexity index is 423. The topological polar surface area (TPSA) is 71.1 Å². The van der Waals surface area contributed by atoms with Crippen LogP contribution in [-0.4, -0.2) is 39.9 Å². The predicted molar refractivity (Wildman–Crippen MR) is 70.6 cm³/mol. The molecule has 6 heteroatoms. The summed E-state index contributed by atoms with van der Waals surface area (Å²) in [5.41, 5.74) is 0. The Morgan fingerprint density at radius 1 is 0.950 bits per heavy atom. The average molecular weight is 282 g/mol. The smallest absolute Gasteiger partial charge is 0.320 e. The van der Waals surface area contributed by atoms with E-state index in [0.29, 0.717) is 5.75 Å². The van der Waals surface area contributed by atoms with Crippen LogP contribution >= 0.6 is 0 Å². The quantitative estimate of drug-likeness (QED) is 0.556. The molecule has 0 aliphatic rings. The van der Waals surface area contributed by atoms with E-state index < -0.39 is 17.9 Å².